The summed E-state index contributed by atoms with van der Waals surface area (Å²) < 4.78 is 25.1. The molecule has 0 atom stereocenters. The molecule has 0 N–H and O–H groups in total. The number of rotatable bonds is 6. The van der Waals surface area contributed by atoms with Crippen molar-refractivity contribution in [3.8, 4) is 16.9 Å². The number of hydrogen-bond acceptors (Lipinski definition) is 4. The van der Waals surface area contributed by atoms with E-state index in [1.165, 1.54) is 55.2 Å². The summed E-state index contributed by atoms with van der Waals surface area (Å²) in [5.41, 5.74) is 6.64. The molecule has 0 radical (unpaired) electrons. The summed E-state index contributed by atoms with van der Waals surface area (Å²) in [5.74, 6) is 3.59. The molecule has 37 heavy (non-hydrogen) atoms. The van der Waals surface area contributed by atoms with Gasteiger partial charge in [0.05, 0.1) is 11.2 Å². The van der Waals surface area contributed by atoms with E-state index in [0.29, 0.717) is 0 Å². The van der Waals surface area contributed by atoms with Crippen LogP contribution in [0.25, 0.3) is 11.1 Å². The number of hydrogen-bond donors (Lipinski definition) is 0. The molecule has 2 aromatic carbocycles. The molecule has 198 valence electrons. The molecule has 1 saturated heterocycles. The number of methoxy groups -OCH3 is 1. The molecule has 1 aliphatic heterocycles. The monoisotopic (exact) mass is 502 g/mol. The summed E-state index contributed by atoms with van der Waals surface area (Å²) in [6.07, 6.45) is 8.16. The molecule has 0 aromatic heterocycles. The first-order valence-electron chi connectivity index (χ1n) is 14.2. The number of ether oxygens (including phenoxy) is 2. The molecule has 0 amide bonds. The highest BCUT2D eigenvalue weighted by Crippen LogP contribution is 2.62. The fourth-order valence-electron chi connectivity index (χ4n) is 8.17. The van der Waals surface area contributed by atoms with Crippen LogP contribution in [0.1, 0.15) is 82.9 Å². The first-order chi connectivity index (χ1) is 17.5. The van der Waals surface area contributed by atoms with Gasteiger partial charge >= 0.3 is 7.12 Å². The summed E-state index contributed by atoms with van der Waals surface area (Å²) in [6, 6.07) is 11.4. The van der Waals surface area contributed by atoms with Gasteiger partial charge in [-0.3, -0.25) is 0 Å². The van der Waals surface area contributed by atoms with Crippen molar-refractivity contribution >= 4 is 12.6 Å². The summed E-state index contributed by atoms with van der Waals surface area (Å²) in [7, 11) is 1.28. The second-order valence-electron chi connectivity index (χ2n) is 13.6. The maximum atomic E-state index is 6.56. The molecular formula is C32H43BO4. The van der Waals surface area contributed by atoms with Crippen LogP contribution in [0, 0.1) is 31.6 Å². The van der Waals surface area contributed by atoms with Crippen LogP contribution in [0.15, 0.2) is 30.3 Å². The molecular weight excluding hydrogens is 459 g/mol. The summed E-state index contributed by atoms with van der Waals surface area (Å²) >= 11 is 0. The zero-order valence-corrected chi connectivity index (χ0v) is 23.8. The molecule has 4 saturated carbocycles. The summed E-state index contributed by atoms with van der Waals surface area (Å²) in [6.45, 7) is 13.1. The second kappa shape index (κ2) is 8.86. The maximum Gasteiger partial charge on any atom is 0.495 e. The molecule has 0 unspecified atom stereocenters. The minimum Gasteiger partial charge on any atom is -0.467 e. The van der Waals surface area contributed by atoms with E-state index < -0.39 is 18.3 Å². The van der Waals surface area contributed by atoms with E-state index in [2.05, 4.69) is 71.9 Å². The Morgan fingerprint density at radius 3 is 1.97 bits per heavy atom. The smallest absolute Gasteiger partial charge is 0.467 e. The van der Waals surface area contributed by atoms with Crippen LogP contribution in [-0.4, -0.2) is 32.2 Å². The minimum atomic E-state index is -0.432. The van der Waals surface area contributed by atoms with Gasteiger partial charge in [0.2, 0.25) is 0 Å². The van der Waals surface area contributed by atoms with E-state index in [0.717, 1.165) is 40.1 Å². The van der Waals surface area contributed by atoms with Crippen LogP contribution < -0.4 is 10.2 Å². The molecule has 1 heterocycles. The third kappa shape index (κ3) is 4.26. The predicted molar refractivity (Wildman–Crippen MR) is 149 cm³/mol. The lowest BCUT2D eigenvalue weighted by atomic mass is 9.48. The maximum absolute atomic E-state index is 6.56. The highest BCUT2D eigenvalue weighted by atomic mass is 16.7. The van der Waals surface area contributed by atoms with Crippen molar-refractivity contribution in [2.75, 3.05) is 13.9 Å². The summed E-state index contributed by atoms with van der Waals surface area (Å²) in [4.78, 5) is 0. The Balaban J connectivity index is 1.51. The third-order valence-corrected chi connectivity index (χ3v) is 10.2. The van der Waals surface area contributed by atoms with Gasteiger partial charge in [0.15, 0.2) is 6.79 Å². The average molecular weight is 503 g/mol. The quantitative estimate of drug-likeness (QED) is 0.325. The van der Waals surface area contributed by atoms with Gasteiger partial charge < -0.3 is 18.8 Å². The van der Waals surface area contributed by atoms with Gasteiger partial charge in [-0.25, -0.2) is 0 Å². The molecule has 7 rings (SSSR count). The van der Waals surface area contributed by atoms with Crippen LogP contribution >= 0.6 is 0 Å². The molecule has 5 fully saturated rings. The van der Waals surface area contributed by atoms with Gasteiger partial charge in [-0.1, -0.05) is 29.8 Å². The highest BCUT2D eigenvalue weighted by molar-refractivity contribution is 6.64. The van der Waals surface area contributed by atoms with Crippen molar-refractivity contribution in [1.29, 1.82) is 0 Å². The van der Waals surface area contributed by atoms with Crippen LogP contribution in [0.2, 0.25) is 0 Å². The first kappa shape index (κ1) is 25.5. The van der Waals surface area contributed by atoms with Crippen LogP contribution in [0.3, 0.4) is 0 Å². The summed E-state index contributed by atoms with van der Waals surface area (Å²) in [5, 5.41) is 0. The van der Waals surface area contributed by atoms with Crippen molar-refractivity contribution in [2.24, 2.45) is 17.8 Å². The Morgan fingerprint density at radius 1 is 0.811 bits per heavy atom. The van der Waals surface area contributed by atoms with Crippen LogP contribution in [0.4, 0.5) is 0 Å². The zero-order chi connectivity index (χ0) is 26.2. The van der Waals surface area contributed by atoms with Crippen molar-refractivity contribution < 1.29 is 18.8 Å². The van der Waals surface area contributed by atoms with Crippen LogP contribution in [-0.2, 0) is 19.5 Å². The van der Waals surface area contributed by atoms with E-state index in [1.54, 1.807) is 7.11 Å². The minimum absolute atomic E-state index is 0.216. The largest absolute Gasteiger partial charge is 0.495 e. The Labute approximate surface area is 223 Å². The second-order valence-corrected chi connectivity index (χ2v) is 13.6. The molecule has 2 aromatic rings. The van der Waals surface area contributed by atoms with Crippen molar-refractivity contribution in [1.82, 2.24) is 0 Å². The standard InChI is InChI=1S/C32H43BO4/c1-20-8-9-25(28(12-20)33-36-30(3,4)31(5,6)37-33)26-10-21(2)11-27(29(26)35-19-34-7)32-16-22-13-23(17-32)15-24(14-22)18-32/h8-12,22-24H,13-19H2,1-7H3. The van der Waals surface area contributed by atoms with E-state index in [4.69, 9.17) is 18.8 Å². The van der Waals surface area contributed by atoms with E-state index in [-0.39, 0.29) is 12.2 Å². The van der Waals surface area contributed by atoms with Crippen LogP contribution in [0.5, 0.6) is 5.75 Å². The fourth-order valence-corrected chi connectivity index (χ4v) is 8.17. The predicted octanol–water partition coefficient (Wildman–Crippen LogP) is 6.72. The number of benzene rings is 2. The molecule has 5 heteroatoms. The first-order valence-corrected chi connectivity index (χ1v) is 14.2. The van der Waals surface area contributed by atoms with E-state index in [9.17, 15) is 0 Å². The lowest BCUT2D eigenvalue weighted by Crippen LogP contribution is -2.48. The van der Waals surface area contributed by atoms with Crippen molar-refractivity contribution in [3.63, 3.8) is 0 Å². The number of aryl methyl sites for hydroxylation is 2. The molecule has 4 aliphatic carbocycles. The zero-order valence-electron chi connectivity index (χ0n) is 23.8. The van der Waals surface area contributed by atoms with E-state index in [1.807, 2.05) is 0 Å². The van der Waals surface area contributed by atoms with Gasteiger partial charge in [-0.2, -0.15) is 0 Å². The van der Waals surface area contributed by atoms with Gasteiger partial charge in [0.25, 0.3) is 0 Å². The molecule has 5 aliphatic rings. The fraction of sp³-hybridized carbons (Fsp3) is 0.625. The topological polar surface area (TPSA) is 36.9 Å². The van der Waals surface area contributed by atoms with Gasteiger partial charge in [-0.15, -0.1) is 0 Å². The van der Waals surface area contributed by atoms with Gasteiger partial charge in [-0.05, 0) is 126 Å². The normalized spacial score (nSPS) is 31.2. The average Bonchev–Trinajstić information content (AvgIpc) is 3.03. The lowest BCUT2D eigenvalue weighted by molar-refractivity contribution is -0.00877. The highest BCUT2D eigenvalue weighted by Gasteiger charge is 2.54. The van der Waals surface area contributed by atoms with Crippen molar-refractivity contribution in [2.45, 2.75) is 96.7 Å². The van der Waals surface area contributed by atoms with Gasteiger partial charge in [0.1, 0.15) is 5.75 Å². The van der Waals surface area contributed by atoms with E-state index >= 15 is 0 Å². The Bertz CT molecular complexity index is 1150. The third-order valence-electron chi connectivity index (χ3n) is 10.2. The van der Waals surface area contributed by atoms with Crippen molar-refractivity contribution in [3.05, 3.63) is 47.0 Å². The lowest BCUT2D eigenvalue weighted by Gasteiger charge is -2.57. The molecule has 0 spiro atoms. The molecule has 4 nitrogen and oxygen atoms in total. The Kier molecular flexibility index (Phi) is 6.10. The van der Waals surface area contributed by atoms with Gasteiger partial charge in [0, 0.05) is 18.2 Å². The Morgan fingerprint density at radius 2 is 1.41 bits per heavy atom. The Hall–Kier alpha value is -1.82. The molecule has 4 bridgehead atoms. The SMILES string of the molecule is COCOc1c(-c2ccc(C)cc2B2OC(C)(C)C(C)(C)O2)cc(C)cc1C12CC3CC(CC(C3)C1)C2.